The van der Waals surface area contributed by atoms with Crippen molar-refractivity contribution in [1.82, 2.24) is 9.91 Å². The molecule has 1 aromatic rings. The van der Waals surface area contributed by atoms with Crippen molar-refractivity contribution in [2.24, 2.45) is 11.8 Å². The first-order chi connectivity index (χ1) is 12.4. The number of hydrogen-bond acceptors (Lipinski definition) is 6. The Bertz CT molecular complexity index is 656. The summed E-state index contributed by atoms with van der Waals surface area (Å²) in [5.41, 5.74) is 2.07. The number of hydrogen-bond donors (Lipinski definition) is 3. The van der Waals surface area contributed by atoms with Gasteiger partial charge in [-0.25, -0.2) is 15.6 Å². The van der Waals surface area contributed by atoms with E-state index in [4.69, 9.17) is 10.6 Å². The average Bonchev–Trinajstić information content (AvgIpc) is 3.26. The van der Waals surface area contributed by atoms with Gasteiger partial charge in [0.1, 0.15) is 12.2 Å². The van der Waals surface area contributed by atoms with Crippen molar-refractivity contribution in [1.29, 1.82) is 0 Å². The molecule has 0 spiro atoms. The van der Waals surface area contributed by atoms with Gasteiger partial charge in [0.2, 0.25) is 5.91 Å². The van der Waals surface area contributed by atoms with Crippen molar-refractivity contribution in [3.63, 3.8) is 0 Å². The molecule has 8 heteroatoms. The molecule has 2 aliphatic rings. The second kappa shape index (κ2) is 7.41. The predicted octanol–water partition coefficient (Wildman–Crippen LogP) is 1.81. The van der Waals surface area contributed by atoms with E-state index in [0.29, 0.717) is 6.54 Å². The molecular weight excluding hydrogens is 334 g/mol. The van der Waals surface area contributed by atoms with Crippen molar-refractivity contribution in [3.8, 4) is 0 Å². The number of ether oxygens (including phenoxy) is 1. The van der Waals surface area contributed by atoms with Crippen molar-refractivity contribution in [2.75, 3.05) is 24.3 Å². The highest BCUT2D eigenvalue weighted by atomic mass is 16.5. The maximum atomic E-state index is 13.2. The normalized spacial score (nSPS) is 20.3. The largest absolute Gasteiger partial charge is 0.452 e. The van der Waals surface area contributed by atoms with Crippen molar-refractivity contribution in [3.05, 3.63) is 24.3 Å². The van der Waals surface area contributed by atoms with Gasteiger partial charge in [-0.2, -0.15) is 0 Å². The van der Waals surface area contributed by atoms with E-state index >= 15 is 0 Å². The fraction of sp³-hybridized carbons (Fsp3) is 0.556. The van der Waals surface area contributed by atoms with Gasteiger partial charge < -0.3 is 20.3 Å². The number of methoxy groups -OCH3 is 1. The molecule has 0 aromatic heterocycles. The van der Waals surface area contributed by atoms with Gasteiger partial charge in [0.05, 0.1) is 24.5 Å². The number of nitrogens with two attached hydrogens (primary N) is 1. The highest BCUT2D eigenvalue weighted by Gasteiger charge is 2.42. The smallest absolute Gasteiger partial charge is 0.424 e. The number of rotatable bonds is 4. The molecule has 0 radical (unpaired) electrons. The van der Waals surface area contributed by atoms with E-state index in [1.165, 1.54) is 7.11 Å². The summed E-state index contributed by atoms with van der Waals surface area (Å²) in [6, 6.07) is 7.21. The number of carbonyl (C=O) groups is 2. The molecule has 0 unspecified atom stereocenters. The number of para-hydroxylation sites is 2. The Kier molecular flexibility index (Phi) is 5.22. The molecule has 3 rings (SSSR count). The number of carbonyl (C=O) groups excluding carboxylic acids is 2. The van der Waals surface area contributed by atoms with Crippen molar-refractivity contribution in [2.45, 2.75) is 44.9 Å². The zero-order valence-electron chi connectivity index (χ0n) is 15.4. The molecule has 8 nitrogen and oxygen atoms in total. The molecule has 1 fully saturated rings. The summed E-state index contributed by atoms with van der Waals surface area (Å²) in [5, 5.41) is 7.81. The molecule has 0 aliphatic carbocycles. The third-order valence-corrected chi connectivity index (χ3v) is 5.09. The highest BCUT2D eigenvalue weighted by Crippen LogP contribution is 2.33. The van der Waals surface area contributed by atoms with Gasteiger partial charge in [-0.05, 0) is 30.9 Å². The Hall–Kier alpha value is -2.48. The molecule has 142 valence electrons. The molecule has 0 bridgehead atoms. The van der Waals surface area contributed by atoms with Crippen molar-refractivity contribution >= 4 is 23.4 Å². The van der Waals surface area contributed by atoms with Gasteiger partial charge in [0, 0.05) is 6.54 Å². The fourth-order valence-electron chi connectivity index (χ4n) is 3.83. The van der Waals surface area contributed by atoms with E-state index in [1.807, 2.05) is 43.0 Å². The molecule has 1 saturated heterocycles. The summed E-state index contributed by atoms with van der Waals surface area (Å²) in [4.78, 5) is 26.9. The standard InChI is InChI=1S/C18H27N5O3/c1-11(2)15(23(19)18(25)26-3)17(24)22-10-6-9-14(22)16-20-12-7-4-5-8-13(12)21-16/h4-5,7-8,11,14-16,20-21H,6,9-10,19H2,1-3H3/t14-,15-/m0/s1. The predicted molar refractivity (Wildman–Crippen MR) is 99.3 cm³/mol. The van der Waals surface area contributed by atoms with Crippen LogP contribution >= 0.6 is 0 Å². The summed E-state index contributed by atoms with van der Waals surface area (Å²) in [6.07, 6.45) is 1.03. The zero-order valence-corrected chi connectivity index (χ0v) is 15.4. The second-order valence-corrected chi connectivity index (χ2v) is 7.12. The Morgan fingerprint density at radius 3 is 2.42 bits per heavy atom. The molecule has 4 N–H and O–H groups in total. The van der Waals surface area contributed by atoms with Crippen LogP contribution in [0.2, 0.25) is 0 Å². The Morgan fingerprint density at radius 1 is 1.27 bits per heavy atom. The first kappa shape index (κ1) is 18.3. The molecule has 26 heavy (non-hydrogen) atoms. The zero-order chi connectivity index (χ0) is 18.8. The van der Waals surface area contributed by atoms with Crippen LogP contribution in [0.5, 0.6) is 0 Å². The number of benzene rings is 1. The topological polar surface area (TPSA) is 99.9 Å². The van der Waals surface area contributed by atoms with E-state index in [1.54, 1.807) is 0 Å². The minimum Gasteiger partial charge on any atom is -0.452 e. The maximum Gasteiger partial charge on any atom is 0.424 e. The first-order valence-electron chi connectivity index (χ1n) is 8.98. The van der Waals surface area contributed by atoms with E-state index in [0.717, 1.165) is 29.2 Å². The molecular formula is C18H27N5O3. The van der Waals surface area contributed by atoms with E-state index in [-0.39, 0.29) is 24.0 Å². The van der Waals surface area contributed by atoms with Crippen LogP contribution in [0.4, 0.5) is 16.2 Å². The van der Waals surface area contributed by atoms with Crippen LogP contribution in [0.15, 0.2) is 24.3 Å². The number of likely N-dealkylation sites (tertiary alicyclic amines) is 1. The van der Waals surface area contributed by atoms with Gasteiger partial charge >= 0.3 is 6.09 Å². The van der Waals surface area contributed by atoms with Crippen molar-refractivity contribution < 1.29 is 14.3 Å². The number of anilines is 2. The molecule has 2 heterocycles. The lowest BCUT2D eigenvalue weighted by molar-refractivity contribution is -0.139. The Morgan fingerprint density at radius 2 is 1.88 bits per heavy atom. The fourth-order valence-corrected chi connectivity index (χ4v) is 3.83. The summed E-state index contributed by atoms with van der Waals surface area (Å²) >= 11 is 0. The molecule has 1 aromatic carbocycles. The van der Waals surface area contributed by atoms with Crippen LogP contribution in [0, 0.1) is 5.92 Å². The van der Waals surface area contributed by atoms with Gasteiger partial charge in [-0.1, -0.05) is 26.0 Å². The van der Waals surface area contributed by atoms with E-state index in [9.17, 15) is 9.59 Å². The molecule has 2 atom stereocenters. The number of nitrogens with zero attached hydrogens (tertiary/aromatic N) is 2. The average molecular weight is 361 g/mol. The number of amides is 2. The SMILES string of the molecule is COC(=O)N(N)[C@H](C(=O)N1CCC[C@H]1C1Nc2ccccc2N1)C(C)C. The summed E-state index contributed by atoms with van der Waals surface area (Å²) in [7, 11) is 1.26. The summed E-state index contributed by atoms with van der Waals surface area (Å²) in [5.74, 6) is 5.62. The number of fused-ring (bicyclic) bond motifs is 1. The molecule has 2 aliphatic heterocycles. The van der Waals surface area contributed by atoms with Gasteiger partial charge in [0.25, 0.3) is 0 Å². The van der Waals surface area contributed by atoms with E-state index < -0.39 is 12.1 Å². The van der Waals surface area contributed by atoms with Gasteiger partial charge in [-0.15, -0.1) is 0 Å². The summed E-state index contributed by atoms with van der Waals surface area (Å²) in [6.45, 7) is 4.40. The van der Waals surface area contributed by atoms with Crippen LogP contribution < -0.4 is 16.5 Å². The summed E-state index contributed by atoms with van der Waals surface area (Å²) < 4.78 is 4.69. The van der Waals surface area contributed by atoms with Crippen LogP contribution in [0.3, 0.4) is 0 Å². The lowest BCUT2D eigenvalue weighted by atomic mass is 10.0. The van der Waals surface area contributed by atoms with Gasteiger partial charge in [0.15, 0.2) is 0 Å². The number of hydrazine groups is 1. The van der Waals surface area contributed by atoms with Crippen LogP contribution in [-0.2, 0) is 9.53 Å². The molecule has 0 saturated carbocycles. The molecule has 2 amide bonds. The van der Waals surface area contributed by atoms with Crippen LogP contribution in [-0.4, -0.2) is 53.8 Å². The minimum atomic E-state index is -0.758. The first-order valence-corrected chi connectivity index (χ1v) is 8.98. The monoisotopic (exact) mass is 361 g/mol. The quantitative estimate of drug-likeness (QED) is 0.430. The lowest BCUT2D eigenvalue weighted by Crippen LogP contribution is -2.59. The van der Waals surface area contributed by atoms with Gasteiger partial charge in [-0.3, -0.25) is 4.79 Å². The third kappa shape index (κ3) is 3.29. The minimum absolute atomic E-state index is 0.0119. The maximum absolute atomic E-state index is 13.2. The van der Waals surface area contributed by atoms with Crippen LogP contribution in [0.25, 0.3) is 0 Å². The van der Waals surface area contributed by atoms with Crippen LogP contribution in [0.1, 0.15) is 26.7 Å². The second-order valence-electron chi connectivity index (χ2n) is 7.12. The Balaban J connectivity index is 1.76. The third-order valence-electron chi connectivity index (χ3n) is 5.09. The van der Waals surface area contributed by atoms with E-state index in [2.05, 4.69) is 10.6 Å². The number of nitrogens with one attached hydrogen (secondary N) is 2. The highest BCUT2D eigenvalue weighted by molar-refractivity contribution is 5.86. The Labute approximate surface area is 153 Å². The lowest BCUT2D eigenvalue weighted by Gasteiger charge is -2.36.